The summed E-state index contributed by atoms with van der Waals surface area (Å²) < 4.78 is 0. The third kappa shape index (κ3) is 5.58. The number of anilines is 3. The highest BCUT2D eigenvalue weighted by Crippen LogP contribution is 2.56. The molecule has 53 heavy (non-hydrogen) atoms. The number of hydrogen-bond acceptors (Lipinski definition) is 1. The highest BCUT2D eigenvalue weighted by Gasteiger charge is 2.41. The topological polar surface area (TPSA) is 3.24 Å². The van der Waals surface area contributed by atoms with Gasteiger partial charge in [0.05, 0.1) is 5.69 Å². The number of para-hydroxylation sites is 1. The van der Waals surface area contributed by atoms with Crippen molar-refractivity contribution >= 4 is 17.1 Å². The third-order valence-corrected chi connectivity index (χ3v) is 13.8. The fourth-order valence-corrected chi connectivity index (χ4v) is 11.1. The van der Waals surface area contributed by atoms with Gasteiger partial charge in [0.2, 0.25) is 0 Å². The first-order valence-corrected chi connectivity index (χ1v) is 20.5. The zero-order valence-electron chi connectivity index (χ0n) is 31.4. The summed E-state index contributed by atoms with van der Waals surface area (Å²) in [6.45, 7) is 4.83. The van der Waals surface area contributed by atoms with Crippen LogP contribution < -0.4 is 4.90 Å². The van der Waals surface area contributed by atoms with Crippen LogP contribution in [-0.4, -0.2) is 0 Å². The van der Waals surface area contributed by atoms with Crippen molar-refractivity contribution in [2.75, 3.05) is 4.90 Å². The number of rotatable bonds is 7. The highest BCUT2D eigenvalue weighted by atomic mass is 15.1. The largest absolute Gasteiger partial charge is 0.310 e. The second-order valence-corrected chi connectivity index (χ2v) is 17.1. The van der Waals surface area contributed by atoms with Crippen molar-refractivity contribution in [3.63, 3.8) is 0 Å². The fraction of sp³-hybridized carbons (Fsp3) is 0.308. The molecule has 0 aliphatic heterocycles. The molecule has 3 fully saturated rings. The lowest BCUT2D eigenvalue weighted by atomic mass is 9.80. The smallest absolute Gasteiger partial charge is 0.0540 e. The maximum absolute atomic E-state index is 2.59. The molecule has 6 aromatic rings. The van der Waals surface area contributed by atoms with Gasteiger partial charge < -0.3 is 4.90 Å². The molecule has 6 aromatic carbocycles. The van der Waals surface area contributed by atoms with Crippen molar-refractivity contribution in [1.29, 1.82) is 0 Å². The maximum atomic E-state index is 2.59. The van der Waals surface area contributed by atoms with Gasteiger partial charge in [0, 0.05) is 22.4 Å². The quantitative estimate of drug-likeness (QED) is 0.161. The van der Waals surface area contributed by atoms with Gasteiger partial charge in [-0.1, -0.05) is 149 Å². The molecule has 3 atom stereocenters. The molecule has 0 aromatic heterocycles. The molecule has 0 radical (unpaired) electrons. The molecule has 4 aliphatic carbocycles. The molecular formula is C52H51N. The van der Waals surface area contributed by atoms with Gasteiger partial charge in [0.1, 0.15) is 0 Å². The maximum Gasteiger partial charge on any atom is 0.0540 e. The lowest BCUT2D eigenvalue weighted by Gasteiger charge is -2.32. The fourth-order valence-electron chi connectivity index (χ4n) is 11.1. The molecule has 0 amide bonds. The van der Waals surface area contributed by atoms with Crippen LogP contribution in [0.1, 0.15) is 106 Å². The van der Waals surface area contributed by atoms with Gasteiger partial charge in [-0.3, -0.25) is 0 Å². The first-order chi connectivity index (χ1) is 26.0. The summed E-state index contributed by atoms with van der Waals surface area (Å²) in [4.78, 5) is 2.59. The summed E-state index contributed by atoms with van der Waals surface area (Å²) in [6, 6.07) is 53.5. The SMILES string of the molecule is CC1(C)c2ccccc2-c2c(-c3ccccc3)cc(N(c3ccc(C4CC5CCC4C5)cc3)c3ccccc3-c3ccccc3C3CCCCC3)cc21. The summed E-state index contributed by atoms with van der Waals surface area (Å²) in [6.07, 6.45) is 12.2. The van der Waals surface area contributed by atoms with Crippen LogP contribution in [0.4, 0.5) is 17.1 Å². The highest BCUT2D eigenvalue weighted by molar-refractivity contribution is 5.97. The number of benzene rings is 6. The Morgan fingerprint density at radius 1 is 0.528 bits per heavy atom. The molecule has 0 N–H and O–H groups in total. The molecule has 0 spiro atoms. The van der Waals surface area contributed by atoms with E-state index in [0.29, 0.717) is 5.92 Å². The average Bonchev–Trinajstić information content (AvgIpc) is 3.92. The van der Waals surface area contributed by atoms with Gasteiger partial charge in [-0.25, -0.2) is 0 Å². The van der Waals surface area contributed by atoms with E-state index >= 15 is 0 Å². The van der Waals surface area contributed by atoms with Crippen LogP contribution in [0.3, 0.4) is 0 Å². The monoisotopic (exact) mass is 689 g/mol. The number of nitrogens with zero attached hydrogens (tertiary/aromatic N) is 1. The van der Waals surface area contributed by atoms with Crippen LogP contribution in [-0.2, 0) is 5.41 Å². The van der Waals surface area contributed by atoms with Gasteiger partial charge in [-0.05, 0) is 136 Å². The molecule has 2 bridgehead atoms. The van der Waals surface area contributed by atoms with E-state index in [2.05, 4.69) is 158 Å². The predicted octanol–water partition coefficient (Wildman–Crippen LogP) is 14.7. The molecule has 264 valence electrons. The Morgan fingerprint density at radius 2 is 1.23 bits per heavy atom. The first-order valence-electron chi connectivity index (χ1n) is 20.5. The van der Waals surface area contributed by atoms with E-state index in [9.17, 15) is 0 Å². The standard InChI is InChI=1S/C52H51N/c1-52(2)48-23-13-11-22-45(48)51-47(37-17-7-4-8-18-37)33-41(34-49(51)52)53(40-29-27-38(28-30-40)46-32-35-25-26-39(46)31-35)50-24-14-12-21-44(50)43-20-10-9-19-42(43)36-15-5-3-6-16-36/h4,7-14,17-24,27-30,33-36,39,46H,3,5-6,15-16,25-26,31-32H2,1-2H3. The van der Waals surface area contributed by atoms with E-state index < -0.39 is 0 Å². The van der Waals surface area contributed by atoms with Gasteiger partial charge in [0.25, 0.3) is 0 Å². The zero-order valence-corrected chi connectivity index (χ0v) is 31.4. The first kappa shape index (κ1) is 32.7. The Bertz CT molecular complexity index is 2270. The summed E-state index contributed by atoms with van der Waals surface area (Å²) in [7, 11) is 0. The summed E-state index contributed by atoms with van der Waals surface area (Å²) in [5, 5.41) is 0. The second kappa shape index (κ2) is 13.2. The minimum Gasteiger partial charge on any atom is -0.310 e. The van der Waals surface area contributed by atoms with Gasteiger partial charge >= 0.3 is 0 Å². The number of fused-ring (bicyclic) bond motifs is 5. The Kier molecular flexibility index (Phi) is 8.16. The summed E-state index contributed by atoms with van der Waals surface area (Å²) >= 11 is 0. The molecular weight excluding hydrogens is 639 g/mol. The van der Waals surface area contributed by atoms with Crippen LogP contribution >= 0.6 is 0 Å². The summed E-state index contributed by atoms with van der Waals surface area (Å²) in [5.41, 5.74) is 17.4. The van der Waals surface area contributed by atoms with E-state index in [1.165, 1.54) is 130 Å². The van der Waals surface area contributed by atoms with E-state index in [-0.39, 0.29) is 5.41 Å². The lowest BCUT2D eigenvalue weighted by molar-refractivity contribution is 0.420. The van der Waals surface area contributed by atoms with Gasteiger partial charge in [-0.2, -0.15) is 0 Å². The van der Waals surface area contributed by atoms with Crippen LogP contribution in [0, 0.1) is 11.8 Å². The van der Waals surface area contributed by atoms with Gasteiger partial charge in [0.15, 0.2) is 0 Å². The third-order valence-electron chi connectivity index (χ3n) is 13.8. The molecule has 3 saturated carbocycles. The van der Waals surface area contributed by atoms with Crippen LogP contribution in [0.15, 0.2) is 140 Å². The molecule has 1 nitrogen and oxygen atoms in total. The van der Waals surface area contributed by atoms with Crippen molar-refractivity contribution in [2.45, 2.75) is 88.9 Å². The van der Waals surface area contributed by atoms with Crippen LogP contribution in [0.25, 0.3) is 33.4 Å². The van der Waals surface area contributed by atoms with E-state index in [4.69, 9.17) is 0 Å². The van der Waals surface area contributed by atoms with Crippen molar-refractivity contribution < 1.29 is 0 Å². The normalized spacial score (nSPS) is 21.4. The van der Waals surface area contributed by atoms with Crippen molar-refractivity contribution in [1.82, 2.24) is 0 Å². The molecule has 10 rings (SSSR count). The average molecular weight is 690 g/mol. The Labute approximate surface area is 316 Å². The minimum absolute atomic E-state index is 0.129. The second-order valence-electron chi connectivity index (χ2n) is 17.1. The molecule has 0 heterocycles. The van der Waals surface area contributed by atoms with Crippen molar-refractivity contribution in [2.24, 2.45) is 11.8 Å². The lowest BCUT2D eigenvalue weighted by Crippen LogP contribution is -2.17. The molecule has 3 unspecified atom stereocenters. The van der Waals surface area contributed by atoms with E-state index in [1.807, 2.05) is 0 Å². The Balaban J connectivity index is 1.19. The van der Waals surface area contributed by atoms with E-state index in [0.717, 1.165) is 17.8 Å². The molecule has 1 heteroatoms. The van der Waals surface area contributed by atoms with Crippen molar-refractivity contribution in [3.8, 4) is 33.4 Å². The van der Waals surface area contributed by atoms with Gasteiger partial charge in [-0.15, -0.1) is 0 Å². The molecule has 0 saturated heterocycles. The Morgan fingerprint density at radius 3 is 1.98 bits per heavy atom. The minimum atomic E-state index is -0.129. The summed E-state index contributed by atoms with van der Waals surface area (Å²) in [5.74, 6) is 3.14. The Hall–Kier alpha value is -4.88. The van der Waals surface area contributed by atoms with Crippen LogP contribution in [0.2, 0.25) is 0 Å². The predicted molar refractivity (Wildman–Crippen MR) is 224 cm³/mol. The number of hydrogen-bond donors (Lipinski definition) is 0. The van der Waals surface area contributed by atoms with Crippen molar-refractivity contribution in [3.05, 3.63) is 162 Å². The van der Waals surface area contributed by atoms with E-state index in [1.54, 1.807) is 0 Å². The van der Waals surface area contributed by atoms with Crippen LogP contribution in [0.5, 0.6) is 0 Å². The molecule has 4 aliphatic rings. The zero-order chi connectivity index (χ0) is 35.5.